The van der Waals surface area contributed by atoms with Gasteiger partial charge in [-0.2, -0.15) is 0 Å². The van der Waals surface area contributed by atoms with E-state index in [0.29, 0.717) is 5.92 Å². The van der Waals surface area contributed by atoms with Crippen LogP contribution in [0.5, 0.6) is 0 Å². The van der Waals surface area contributed by atoms with E-state index in [1.54, 1.807) is 0 Å². The van der Waals surface area contributed by atoms with Crippen molar-refractivity contribution >= 4 is 5.91 Å². The van der Waals surface area contributed by atoms with Gasteiger partial charge in [-0.05, 0) is 5.92 Å². The topological polar surface area (TPSA) is 29.1 Å². The molecule has 0 aliphatic heterocycles. The van der Waals surface area contributed by atoms with Gasteiger partial charge in [-0.1, -0.05) is 36.1 Å². The molecule has 0 fully saturated rings. The van der Waals surface area contributed by atoms with Crippen molar-refractivity contribution in [3.63, 3.8) is 0 Å². The highest BCUT2D eigenvalue weighted by Gasteiger charge is 1.92. The molecule has 1 amide bonds. The standard InChI is InChI=1S/C6H13NO.3CH4/c1-5(2)4-7-6(3)8;;;/h5H,4H2,1-3H3,(H,7,8);3*1H4. The first-order valence-electron chi connectivity index (χ1n) is 2.87. The molecule has 0 aromatic rings. The van der Waals surface area contributed by atoms with E-state index in [4.69, 9.17) is 0 Å². The second-order valence-corrected chi connectivity index (χ2v) is 2.33. The van der Waals surface area contributed by atoms with E-state index in [9.17, 15) is 4.79 Å². The average Bonchev–Trinajstić information content (AvgIpc) is 1.61. The zero-order valence-corrected chi connectivity index (χ0v) is 5.69. The van der Waals surface area contributed by atoms with Crippen LogP contribution < -0.4 is 5.32 Å². The Kier molecular flexibility index (Phi) is 24.8. The fraction of sp³-hybridized carbons (Fsp3) is 0.889. The van der Waals surface area contributed by atoms with Gasteiger partial charge in [-0.3, -0.25) is 4.79 Å². The lowest BCUT2D eigenvalue weighted by Gasteiger charge is -2.02. The first-order valence-corrected chi connectivity index (χ1v) is 2.87. The van der Waals surface area contributed by atoms with Crippen LogP contribution in [0.2, 0.25) is 0 Å². The van der Waals surface area contributed by atoms with Gasteiger partial charge in [-0.15, -0.1) is 0 Å². The van der Waals surface area contributed by atoms with Crippen LogP contribution in [0.4, 0.5) is 0 Å². The van der Waals surface area contributed by atoms with Gasteiger partial charge in [0, 0.05) is 13.5 Å². The van der Waals surface area contributed by atoms with Crippen molar-refractivity contribution in [3.8, 4) is 0 Å². The molecule has 0 radical (unpaired) electrons. The summed E-state index contributed by atoms with van der Waals surface area (Å²) < 4.78 is 0. The molecule has 0 heterocycles. The largest absolute Gasteiger partial charge is 0.356 e. The molecule has 0 aromatic heterocycles. The number of carbonyl (C=O) groups is 1. The van der Waals surface area contributed by atoms with Crippen molar-refractivity contribution in [2.24, 2.45) is 5.92 Å². The Morgan fingerprint density at radius 2 is 1.64 bits per heavy atom. The number of carbonyl (C=O) groups excluding carboxylic acids is 1. The summed E-state index contributed by atoms with van der Waals surface area (Å²) in [6.07, 6.45) is 0. The average molecular weight is 163 g/mol. The number of nitrogens with one attached hydrogen (secondary N) is 1. The van der Waals surface area contributed by atoms with Crippen LogP contribution in [-0.4, -0.2) is 12.5 Å². The summed E-state index contributed by atoms with van der Waals surface area (Å²) in [4.78, 5) is 10.2. The van der Waals surface area contributed by atoms with Gasteiger partial charge >= 0.3 is 0 Å². The maximum Gasteiger partial charge on any atom is 0.216 e. The van der Waals surface area contributed by atoms with Gasteiger partial charge in [0.1, 0.15) is 0 Å². The van der Waals surface area contributed by atoms with Gasteiger partial charge in [-0.25, -0.2) is 0 Å². The molecule has 0 saturated carbocycles. The van der Waals surface area contributed by atoms with Gasteiger partial charge in [0.15, 0.2) is 0 Å². The maximum atomic E-state index is 10.2. The summed E-state index contributed by atoms with van der Waals surface area (Å²) in [5.41, 5.74) is 0. The van der Waals surface area contributed by atoms with Crippen molar-refractivity contribution in [3.05, 3.63) is 0 Å². The van der Waals surface area contributed by atoms with Crippen molar-refractivity contribution in [1.82, 2.24) is 5.32 Å². The van der Waals surface area contributed by atoms with Crippen molar-refractivity contribution in [2.45, 2.75) is 43.1 Å². The fourth-order valence-electron chi connectivity index (χ4n) is 0.348. The van der Waals surface area contributed by atoms with Gasteiger partial charge in [0.25, 0.3) is 0 Å². The van der Waals surface area contributed by atoms with Gasteiger partial charge in [0.2, 0.25) is 5.91 Å². The first kappa shape index (κ1) is 22.4. The Morgan fingerprint density at radius 1 is 1.27 bits per heavy atom. The molecule has 1 N–H and O–H groups in total. The molecule has 0 bridgehead atoms. The highest BCUT2D eigenvalue weighted by atomic mass is 16.1. The lowest BCUT2D eigenvalue weighted by molar-refractivity contribution is -0.119. The summed E-state index contributed by atoms with van der Waals surface area (Å²) in [6, 6.07) is 0. The van der Waals surface area contributed by atoms with Crippen molar-refractivity contribution in [1.29, 1.82) is 0 Å². The summed E-state index contributed by atoms with van der Waals surface area (Å²) >= 11 is 0. The molecular formula is C9H25NO. The van der Waals surface area contributed by atoms with Crippen molar-refractivity contribution in [2.75, 3.05) is 6.54 Å². The van der Waals surface area contributed by atoms with E-state index < -0.39 is 0 Å². The first-order chi connectivity index (χ1) is 3.63. The number of amides is 1. The predicted octanol–water partition coefficient (Wildman–Crippen LogP) is 2.69. The number of hydrogen-bond acceptors (Lipinski definition) is 1. The Hall–Kier alpha value is -0.530. The zero-order valence-electron chi connectivity index (χ0n) is 5.69. The lowest BCUT2D eigenvalue weighted by atomic mass is 10.2. The molecule has 2 nitrogen and oxygen atoms in total. The zero-order chi connectivity index (χ0) is 6.57. The smallest absolute Gasteiger partial charge is 0.216 e. The van der Waals surface area contributed by atoms with E-state index in [0.717, 1.165) is 6.54 Å². The van der Waals surface area contributed by atoms with E-state index in [1.165, 1.54) is 6.92 Å². The number of rotatable bonds is 2. The Morgan fingerprint density at radius 3 is 1.73 bits per heavy atom. The molecular weight excluding hydrogens is 138 g/mol. The number of hydrogen-bond donors (Lipinski definition) is 1. The minimum absolute atomic E-state index is 0. The van der Waals surface area contributed by atoms with Crippen LogP contribution >= 0.6 is 0 Å². The quantitative estimate of drug-likeness (QED) is 0.666. The predicted molar refractivity (Wildman–Crippen MR) is 53.7 cm³/mol. The highest BCUT2D eigenvalue weighted by Crippen LogP contribution is 1.85. The molecule has 72 valence electrons. The van der Waals surface area contributed by atoms with E-state index in [2.05, 4.69) is 19.2 Å². The van der Waals surface area contributed by atoms with Crippen LogP contribution in [0.25, 0.3) is 0 Å². The Labute approximate surface area is 72.4 Å². The van der Waals surface area contributed by atoms with E-state index in [1.807, 2.05) is 0 Å². The molecule has 0 saturated heterocycles. The molecule has 0 rings (SSSR count). The molecule has 0 atom stereocenters. The SMILES string of the molecule is C.C.C.CC(=O)NCC(C)C. The second-order valence-electron chi connectivity index (χ2n) is 2.33. The minimum Gasteiger partial charge on any atom is -0.356 e. The van der Waals surface area contributed by atoms with Crippen LogP contribution in [0.3, 0.4) is 0 Å². The highest BCUT2D eigenvalue weighted by molar-refractivity contribution is 5.72. The summed E-state index contributed by atoms with van der Waals surface area (Å²) in [7, 11) is 0. The summed E-state index contributed by atoms with van der Waals surface area (Å²) in [5.74, 6) is 0.609. The van der Waals surface area contributed by atoms with E-state index in [-0.39, 0.29) is 28.2 Å². The molecule has 0 aliphatic carbocycles. The Balaban J connectivity index is -0.0000000817. The second kappa shape index (κ2) is 12.2. The van der Waals surface area contributed by atoms with Crippen LogP contribution in [-0.2, 0) is 4.79 Å². The van der Waals surface area contributed by atoms with Crippen molar-refractivity contribution < 1.29 is 4.79 Å². The fourth-order valence-corrected chi connectivity index (χ4v) is 0.348. The molecule has 0 unspecified atom stereocenters. The molecule has 11 heavy (non-hydrogen) atoms. The minimum atomic E-state index is 0. The summed E-state index contributed by atoms with van der Waals surface area (Å²) in [6.45, 7) is 6.45. The third-order valence-electron chi connectivity index (χ3n) is 0.759. The lowest BCUT2D eigenvalue weighted by Crippen LogP contribution is -2.24. The van der Waals surface area contributed by atoms with Crippen LogP contribution in [0, 0.1) is 5.92 Å². The molecule has 0 aliphatic rings. The van der Waals surface area contributed by atoms with Crippen LogP contribution in [0.1, 0.15) is 43.1 Å². The molecule has 2 heteroatoms. The molecule has 0 aromatic carbocycles. The normalized spacial score (nSPS) is 6.91. The van der Waals surface area contributed by atoms with Crippen LogP contribution in [0.15, 0.2) is 0 Å². The molecule has 0 spiro atoms. The summed E-state index contributed by atoms with van der Waals surface area (Å²) in [5, 5.41) is 2.71. The third kappa shape index (κ3) is 26.4. The monoisotopic (exact) mass is 163 g/mol. The Bertz CT molecular complexity index is 79.6. The van der Waals surface area contributed by atoms with E-state index >= 15 is 0 Å². The van der Waals surface area contributed by atoms with Gasteiger partial charge in [0.05, 0.1) is 0 Å². The van der Waals surface area contributed by atoms with Gasteiger partial charge < -0.3 is 5.32 Å². The third-order valence-corrected chi connectivity index (χ3v) is 0.759. The maximum absolute atomic E-state index is 10.2.